The number of rotatable bonds is 24. The summed E-state index contributed by atoms with van der Waals surface area (Å²) in [6, 6.07) is 8.07. The highest BCUT2D eigenvalue weighted by atomic mass is 79.9. The molecular weight excluding hydrogens is 795 g/mol. The van der Waals surface area contributed by atoms with Gasteiger partial charge in [0.1, 0.15) is 0 Å². The average Bonchev–Trinajstić information content (AvgIpc) is 3.59. The van der Waals surface area contributed by atoms with Gasteiger partial charge < -0.3 is 10.1 Å². The molecule has 2 aromatic carbocycles. The minimum absolute atomic E-state index is 0.130. The standard InChI is InChI=1S/C42H56Br2Cl2N2O2/c1-3-5-7-9-11-13-15-17-19-21-23-29-25-31(43)35(33(45)27-29)39-37-38(42(50)47-39)40(48-41(37)49)36-32(44)26-30(28-34(36)46)24-22-20-18-16-14-12-10-8-6-4-2/h25-28,47,50H,3-24H2,1-2H3. The van der Waals surface area contributed by atoms with Crippen LogP contribution in [-0.4, -0.2) is 21.7 Å². The zero-order valence-corrected chi connectivity index (χ0v) is 34.9. The summed E-state index contributed by atoms with van der Waals surface area (Å²) in [6.07, 6.45) is 27.8. The van der Waals surface area contributed by atoms with Crippen molar-refractivity contribution in [2.75, 3.05) is 0 Å². The Bertz CT molecular complexity index is 1540. The molecule has 0 radical (unpaired) electrons. The molecule has 0 spiro atoms. The van der Waals surface area contributed by atoms with E-state index in [4.69, 9.17) is 23.2 Å². The van der Waals surface area contributed by atoms with Crippen LogP contribution >= 0.6 is 55.1 Å². The van der Waals surface area contributed by atoms with Gasteiger partial charge in [-0.25, -0.2) is 4.99 Å². The zero-order chi connectivity index (χ0) is 35.9. The van der Waals surface area contributed by atoms with E-state index in [1.54, 1.807) is 0 Å². The lowest BCUT2D eigenvalue weighted by Crippen LogP contribution is -2.03. The maximum Gasteiger partial charge on any atom is 0.280 e. The second-order valence-corrected chi connectivity index (χ2v) is 16.6. The van der Waals surface area contributed by atoms with Crippen molar-refractivity contribution < 1.29 is 9.90 Å². The number of carbonyl (C=O) groups is 1. The lowest BCUT2D eigenvalue weighted by Gasteiger charge is -2.11. The van der Waals surface area contributed by atoms with Crippen LogP contribution in [0.3, 0.4) is 0 Å². The Morgan fingerprint density at radius 1 is 0.580 bits per heavy atom. The van der Waals surface area contributed by atoms with Gasteiger partial charge in [-0.05, 0) is 61.1 Å². The topological polar surface area (TPSA) is 65.5 Å². The van der Waals surface area contributed by atoms with Crippen LogP contribution in [0, 0.1) is 0 Å². The molecule has 0 saturated carbocycles. The first-order chi connectivity index (χ1) is 24.3. The van der Waals surface area contributed by atoms with Crippen LogP contribution in [0.2, 0.25) is 10.0 Å². The third-order valence-corrected chi connectivity index (χ3v) is 11.8. The molecule has 1 amide bonds. The first-order valence-corrected chi connectivity index (χ1v) is 21.7. The number of hydrogen-bond donors (Lipinski definition) is 2. The summed E-state index contributed by atoms with van der Waals surface area (Å²) >= 11 is 21.2. The van der Waals surface area contributed by atoms with Crippen molar-refractivity contribution in [2.45, 2.75) is 155 Å². The van der Waals surface area contributed by atoms with Crippen LogP contribution in [0.15, 0.2) is 38.2 Å². The lowest BCUT2D eigenvalue weighted by molar-refractivity contribution is 0.101. The number of hydrogen-bond acceptors (Lipinski definition) is 2. The monoisotopic (exact) mass is 848 g/mol. The SMILES string of the molecule is CCCCCCCCCCCCc1cc(Cl)c(C2=NC(=O)c3c(-c4c(Cl)cc(CCCCCCCCCCCC)cc4Br)[nH]c(O)c32)c(Br)c1. The van der Waals surface area contributed by atoms with Crippen molar-refractivity contribution in [3.63, 3.8) is 0 Å². The molecule has 0 saturated heterocycles. The number of nitrogens with one attached hydrogen (secondary N) is 1. The molecule has 3 aromatic rings. The third-order valence-electron chi connectivity index (χ3n) is 9.97. The predicted molar refractivity (Wildman–Crippen MR) is 221 cm³/mol. The van der Waals surface area contributed by atoms with Crippen LogP contribution in [-0.2, 0) is 12.8 Å². The molecule has 0 bridgehead atoms. The summed E-state index contributed by atoms with van der Waals surface area (Å²) in [5.41, 5.74) is 5.00. The number of aryl methyl sites for hydroxylation is 2. The van der Waals surface area contributed by atoms with Gasteiger partial charge in [0.15, 0.2) is 5.88 Å². The van der Waals surface area contributed by atoms with Crippen LogP contribution in [0.4, 0.5) is 0 Å². The number of fused-ring (bicyclic) bond motifs is 1. The van der Waals surface area contributed by atoms with E-state index in [9.17, 15) is 9.90 Å². The molecule has 4 rings (SSSR count). The van der Waals surface area contributed by atoms with Gasteiger partial charge in [0, 0.05) is 20.1 Å². The molecule has 0 aliphatic carbocycles. The summed E-state index contributed by atoms with van der Waals surface area (Å²) in [5, 5.41) is 12.2. The van der Waals surface area contributed by atoms with Crippen LogP contribution in [0.1, 0.15) is 175 Å². The van der Waals surface area contributed by atoms with E-state index in [1.807, 2.05) is 12.1 Å². The van der Waals surface area contributed by atoms with Gasteiger partial charge in [0.25, 0.3) is 5.91 Å². The number of unbranched alkanes of at least 4 members (excludes halogenated alkanes) is 18. The minimum Gasteiger partial charge on any atom is -0.494 e. The molecule has 1 aliphatic heterocycles. The summed E-state index contributed by atoms with van der Waals surface area (Å²) in [7, 11) is 0. The van der Waals surface area contributed by atoms with Crippen molar-refractivity contribution in [3.8, 4) is 17.1 Å². The molecule has 8 heteroatoms. The molecule has 2 N–H and O–H groups in total. The van der Waals surface area contributed by atoms with Gasteiger partial charge in [0.05, 0.1) is 32.6 Å². The number of aliphatic imine (C=N–C) groups is 1. The van der Waals surface area contributed by atoms with E-state index < -0.39 is 5.91 Å². The molecule has 0 unspecified atom stereocenters. The fourth-order valence-electron chi connectivity index (χ4n) is 7.15. The van der Waals surface area contributed by atoms with E-state index >= 15 is 0 Å². The minimum atomic E-state index is -0.434. The van der Waals surface area contributed by atoms with E-state index in [0.717, 1.165) is 45.8 Å². The molecule has 50 heavy (non-hydrogen) atoms. The molecular formula is C42H56Br2Cl2N2O2. The molecule has 4 nitrogen and oxygen atoms in total. The maximum absolute atomic E-state index is 13.4. The highest BCUT2D eigenvalue weighted by molar-refractivity contribution is 9.11. The number of H-pyrrole nitrogens is 1. The number of aromatic hydroxyl groups is 1. The van der Waals surface area contributed by atoms with Crippen molar-refractivity contribution in [1.82, 2.24) is 4.98 Å². The predicted octanol–water partition coefficient (Wildman–Crippen LogP) is 15.1. The lowest BCUT2D eigenvalue weighted by atomic mass is 9.97. The van der Waals surface area contributed by atoms with Gasteiger partial charge >= 0.3 is 0 Å². The normalized spacial score (nSPS) is 12.6. The summed E-state index contributed by atoms with van der Waals surface area (Å²) in [5.74, 6) is -0.564. The Morgan fingerprint density at radius 2 is 0.980 bits per heavy atom. The Hall–Kier alpha value is -1.60. The first kappa shape index (κ1) is 41.2. The van der Waals surface area contributed by atoms with Crippen LogP contribution in [0.25, 0.3) is 11.3 Å². The fraction of sp³-hybridized carbons (Fsp3) is 0.571. The number of aromatic amines is 1. The molecule has 0 atom stereocenters. The second kappa shape index (κ2) is 21.8. The van der Waals surface area contributed by atoms with Gasteiger partial charge in [-0.15, -0.1) is 0 Å². The maximum atomic E-state index is 13.4. The molecule has 274 valence electrons. The van der Waals surface area contributed by atoms with Crippen molar-refractivity contribution in [2.24, 2.45) is 4.99 Å². The number of amides is 1. The number of aromatic nitrogens is 1. The van der Waals surface area contributed by atoms with Gasteiger partial charge in [-0.2, -0.15) is 0 Å². The summed E-state index contributed by atoms with van der Waals surface area (Å²) in [6.45, 7) is 4.52. The summed E-state index contributed by atoms with van der Waals surface area (Å²) in [4.78, 5) is 20.9. The molecule has 2 heterocycles. The van der Waals surface area contributed by atoms with Crippen LogP contribution in [0.5, 0.6) is 5.88 Å². The van der Waals surface area contributed by atoms with E-state index in [-0.39, 0.29) is 5.88 Å². The van der Waals surface area contributed by atoms with E-state index in [2.05, 4.69) is 67.8 Å². The van der Waals surface area contributed by atoms with Gasteiger partial charge in [0.2, 0.25) is 0 Å². The smallest absolute Gasteiger partial charge is 0.280 e. The Kier molecular flexibility index (Phi) is 18.0. The van der Waals surface area contributed by atoms with Crippen molar-refractivity contribution >= 4 is 66.7 Å². The third kappa shape index (κ3) is 11.7. The number of nitrogens with zero attached hydrogens (tertiary/aromatic N) is 1. The fourth-order valence-corrected chi connectivity index (χ4v) is 9.45. The highest BCUT2D eigenvalue weighted by Gasteiger charge is 2.36. The number of halogens is 4. The van der Waals surface area contributed by atoms with Gasteiger partial charge in [-0.1, -0.05) is 184 Å². The zero-order valence-electron chi connectivity index (χ0n) is 30.2. The van der Waals surface area contributed by atoms with Crippen molar-refractivity contribution in [3.05, 3.63) is 71.1 Å². The average molecular weight is 852 g/mol. The number of carbonyl (C=O) groups excluding carboxylic acids is 1. The van der Waals surface area contributed by atoms with Crippen LogP contribution < -0.4 is 0 Å². The van der Waals surface area contributed by atoms with E-state index in [1.165, 1.54) is 116 Å². The first-order valence-electron chi connectivity index (χ1n) is 19.3. The Morgan fingerprint density at radius 3 is 1.40 bits per heavy atom. The number of benzene rings is 2. The summed E-state index contributed by atoms with van der Waals surface area (Å²) < 4.78 is 1.53. The second-order valence-electron chi connectivity index (χ2n) is 14.1. The molecule has 1 aliphatic rings. The Labute approximate surface area is 327 Å². The molecule has 1 aromatic heterocycles. The highest BCUT2D eigenvalue weighted by Crippen LogP contribution is 2.45. The molecule has 0 fully saturated rings. The quantitative estimate of drug-likeness (QED) is 0.0882. The van der Waals surface area contributed by atoms with Gasteiger partial charge in [-0.3, -0.25) is 4.79 Å². The van der Waals surface area contributed by atoms with E-state index in [0.29, 0.717) is 43.7 Å². The van der Waals surface area contributed by atoms with Crippen molar-refractivity contribution in [1.29, 1.82) is 0 Å². The largest absolute Gasteiger partial charge is 0.494 e. The Balaban J connectivity index is 1.36.